The van der Waals surface area contributed by atoms with Crippen molar-refractivity contribution < 1.29 is 4.79 Å². The van der Waals surface area contributed by atoms with E-state index in [1.807, 2.05) is 0 Å². The molecule has 1 N–H and O–H groups in total. The standard InChI is InChI=1S/C9H14N2OS2/c1-7(4-13-2)3-10-9(12)8-5-14-6-11-8/h5-7H,3-4H2,1-2H3,(H,10,12). The number of hydrogen-bond donors (Lipinski definition) is 1. The number of nitrogens with one attached hydrogen (secondary N) is 1. The average molecular weight is 230 g/mol. The molecule has 1 aromatic heterocycles. The van der Waals surface area contributed by atoms with Crippen molar-refractivity contribution >= 4 is 29.0 Å². The molecule has 0 saturated carbocycles. The van der Waals surface area contributed by atoms with Crippen LogP contribution in [0.2, 0.25) is 0 Å². The number of carbonyl (C=O) groups excluding carboxylic acids is 1. The summed E-state index contributed by atoms with van der Waals surface area (Å²) < 4.78 is 0. The molecular weight excluding hydrogens is 216 g/mol. The number of nitrogens with zero attached hydrogens (tertiary/aromatic N) is 1. The van der Waals surface area contributed by atoms with E-state index < -0.39 is 0 Å². The molecule has 1 amide bonds. The van der Waals surface area contributed by atoms with Gasteiger partial charge < -0.3 is 5.32 Å². The van der Waals surface area contributed by atoms with E-state index in [9.17, 15) is 4.79 Å². The maximum atomic E-state index is 11.4. The molecule has 1 aromatic rings. The lowest BCUT2D eigenvalue weighted by atomic mass is 10.2. The molecule has 1 heterocycles. The van der Waals surface area contributed by atoms with Gasteiger partial charge in [-0.3, -0.25) is 4.79 Å². The first-order chi connectivity index (χ1) is 6.74. The smallest absolute Gasteiger partial charge is 0.270 e. The van der Waals surface area contributed by atoms with Gasteiger partial charge in [0.05, 0.1) is 5.51 Å². The first-order valence-corrected chi connectivity index (χ1v) is 6.73. The number of amides is 1. The van der Waals surface area contributed by atoms with Crippen molar-refractivity contribution in [1.82, 2.24) is 10.3 Å². The first kappa shape index (κ1) is 11.5. The van der Waals surface area contributed by atoms with E-state index in [0.717, 1.165) is 12.3 Å². The van der Waals surface area contributed by atoms with Crippen LogP contribution in [0.1, 0.15) is 17.4 Å². The molecule has 0 bridgehead atoms. The number of carbonyl (C=O) groups is 1. The van der Waals surface area contributed by atoms with Gasteiger partial charge in [-0.2, -0.15) is 11.8 Å². The van der Waals surface area contributed by atoms with Gasteiger partial charge in [-0.25, -0.2) is 4.98 Å². The van der Waals surface area contributed by atoms with Gasteiger partial charge in [0, 0.05) is 11.9 Å². The number of rotatable bonds is 5. The minimum Gasteiger partial charge on any atom is -0.350 e. The highest BCUT2D eigenvalue weighted by Gasteiger charge is 2.08. The van der Waals surface area contributed by atoms with Gasteiger partial charge in [-0.1, -0.05) is 6.92 Å². The van der Waals surface area contributed by atoms with E-state index in [-0.39, 0.29) is 5.91 Å². The molecule has 14 heavy (non-hydrogen) atoms. The molecule has 78 valence electrons. The third kappa shape index (κ3) is 3.67. The van der Waals surface area contributed by atoms with Gasteiger partial charge in [0.15, 0.2) is 0 Å². The van der Waals surface area contributed by atoms with Gasteiger partial charge in [0.1, 0.15) is 5.69 Å². The number of thioether (sulfide) groups is 1. The van der Waals surface area contributed by atoms with Crippen molar-refractivity contribution in [1.29, 1.82) is 0 Å². The van der Waals surface area contributed by atoms with Crippen molar-refractivity contribution in [2.45, 2.75) is 6.92 Å². The highest BCUT2D eigenvalue weighted by molar-refractivity contribution is 7.98. The second-order valence-corrected chi connectivity index (χ2v) is 4.77. The third-order valence-corrected chi connectivity index (χ3v) is 3.22. The lowest BCUT2D eigenvalue weighted by Crippen LogP contribution is -2.29. The molecular formula is C9H14N2OS2. The molecule has 0 saturated heterocycles. The molecule has 1 atom stereocenters. The van der Waals surface area contributed by atoms with Crippen molar-refractivity contribution in [2.75, 3.05) is 18.6 Å². The van der Waals surface area contributed by atoms with Crippen LogP contribution in [0.3, 0.4) is 0 Å². The third-order valence-electron chi connectivity index (χ3n) is 1.73. The Morgan fingerprint density at radius 3 is 3.14 bits per heavy atom. The van der Waals surface area contributed by atoms with Gasteiger partial charge in [-0.05, 0) is 17.9 Å². The Balaban J connectivity index is 2.28. The van der Waals surface area contributed by atoms with Crippen LogP contribution in [-0.4, -0.2) is 29.4 Å². The van der Waals surface area contributed by atoms with Crippen LogP contribution in [0.4, 0.5) is 0 Å². The Kier molecular flexibility index (Phi) is 4.97. The number of thiazole rings is 1. The zero-order valence-corrected chi connectivity index (χ0v) is 9.95. The fourth-order valence-electron chi connectivity index (χ4n) is 1.03. The lowest BCUT2D eigenvalue weighted by molar-refractivity contribution is 0.0945. The van der Waals surface area contributed by atoms with Crippen molar-refractivity contribution in [3.8, 4) is 0 Å². The highest BCUT2D eigenvalue weighted by Crippen LogP contribution is 2.04. The van der Waals surface area contributed by atoms with Crippen molar-refractivity contribution in [3.05, 3.63) is 16.6 Å². The Morgan fingerprint density at radius 2 is 2.57 bits per heavy atom. The van der Waals surface area contributed by atoms with Gasteiger partial charge in [0.2, 0.25) is 0 Å². The number of hydrogen-bond acceptors (Lipinski definition) is 4. The molecule has 0 aliphatic rings. The quantitative estimate of drug-likeness (QED) is 0.839. The minimum absolute atomic E-state index is 0.0702. The molecule has 0 spiro atoms. The van der Waals surface area contributed by atoms with Gasteiger partial charge in [0.25, 0.3) is 5.91 Å². The van der Waals surface area contributed by atoms with Gasteiger partial charge in [-0.15, -0.1) is 11.3 Å². The van der Waals surface area contributed by atoms with E-state index >= 15 is 0 Å². The van der Waals surface area contributed by atoms with Crippen LogP contribution in [0.5, 0.6) is 0 Å². The summed E-state index contributed by atoms with van der Waals surface area (Å²) in [6.45, 7) is 2.84. The summed E-state index contributed by atoms with van der Waals surface area (Å²) in [4.78, 5) is 15.4. The lowest BCUT2D eigenvalue weighted by Gasteiger charge is -2.09. The summed E-state index contributed by atoms with van der Waals surface area (Å²) in [7, 11) is 0. The van der Waals surface area contributed by atoms with Crippen molar-refractivity contribution in [2.24, 2.45) is 5.92 Å². The molecule has 0 aromatic carbocycles. The van der Waals surface area contributed by atoms with E-state index in [0.29, 0.717) is 11.6 Å². The number of aromatic nitrogens is 1. The molecule has 0 aliphatic heterocycles. The Bertz CT molecular complexity index is 274. The predicted octanol–water partition coefficient (Wildman–Crippen LogP) is 1.87. The second-order valence-electron chi connectivity index (χ2n) is 3.14. The second kappa shape index (κ2) is 6.03. The monoisotopic (exact) mass is 230 g/mol. The molecule has 1 rings (SSSR count). The molecule has 0 fully saturated rings. The Hall–Kier alpha value is -0.550. The van der Waals surface area contributed by atoms with E-state index in [4.69, 9.17) is 0 Å². The fourth-order valence-corrected chi connectivity index (χ4v) is 2.24. The highest BCUT2D eigenvalue weighted by atomic mass is 32.2. The molecule has 0 radical (unpaired) electrons. The van der Waals surface area contributed by atoms with E-state index in [1.165, 1.54) is 11.3 Å². The van der Waals surface area contributed by atoms with Crippen LogP contribution in [0, 0.1) is 5.92 Å². The molecule has 1 unspecified atom stereocenters. The van der Waals surface area contributed by atoms with Crippen molar-refractivity contribution in [3.63, 3.8) is 0 Å². The first-order valence-electron chi connectivity index (χ1n) is 4.39. The summed E-state index contributed by atoms with van der Waals surface area (Å²) in [5.41, 5.74) is 2.19. The van der Waals surface area contributed by atoms with Crippen LogP contribution in [-0.2, 0) is 0 Å². The Morgan fingerprint density at radius 1 is 1.79 bits per heavy atom. The van der Waals surface area contributed by atoms with Crippen LogP contribution < -0.4 is 5.32 Å². The molecule has 3 nitrogen and oxygen atoms in total. The summed E-state index contributed by atoms with van der Waals surface area (Å²) in [5, 5.41) is 4.62. The van der Waals surface area contributed by atoms with Crippen LogP contribution in [0.25, 0.3) is 0 Å². The van der Waals surface area contributed by atoms with Crippen LogP contribution >= 0.6 is 23.1 Å². The summed E-state index contributed by atoms with van der Waals surface area (Å²) >= 11 is 3.23. The normalized spacial score (nSPS) is 12.4. The summed E-state index contributed by atoms with van der Waals surface area (Å²) in [6.07, 6.45) is 2.07. The van der Waals surface area contributed by atoms with E-state index in [1.54, 1.807) is 22.7 Å². The zero-order valence-electron chi connectivity index (χ0n) is 8.32. The molecule has 0 aliphatic carbocycles. The predicted molar refractivity (Wildman–Crippen MR) is 62.0 cm³/mol. The van der Waals surface area contributed by atoms with E-state index in [2.05, 4.69) is 23.5 Å². The zero-order chi connectivity index (χ0) is 10.4. The van der Waals surface area contributed by atoms with Crippen LogP contribution in [0.15, 0.2) is 10.9 Å². The minimum atomic E-state index is -0.0702. The maximum Gasteiger partial charge on any atom is 0.270 e. The topological polar surface area (TPSA) is 42.0 Å². The summed E-state index contributed by atoms with van der Waals surface area (Å²) in [6, 6.07) is 0. The summed E-state index contributed by atoms with van der Waals surface area (Å²) in [5.74, 6) is 1.50. The largest absolute Gasteiger partial charge is 0.350 e. The average Bonchev–Trinajstić information content (AvgIpc) is 2.67. The SMILES string of the molecule is CSCC(C)CNC(=O)c1cscn1. The maximum absolute atomic E-state index is 11.4. The fraction of sp³-hybridized carbons (Fsp3) is 0.556. The molecule has 5 heteroatoms. The van der Waals surface area contributed by atoms with Gasteiger partial charge >= 0.3 is 0 Å². The Labute approximate surface area is 92.3 Å².